The van der Waals surface area contributed by atoms with Gasteiger partial charge in [0.1, 0.15) is 0 Å². The summed E-state index contributed by atoms with van der Waals surface area (Å²) in [7, 11) is 0. The summed E-state index contributed by atoms with van der Waals surface area (Å²) in [6.45, 7) is 1.94. The Morgan fingerprint density at radius 3 is 2.50 bits per heavy atom. The van der Waals surface area contributed by atoms with Crippen molar-refractivity contribution in [3.8, 4) is 11.3 Å². The lowest BCUT2D eigenvalue weighted by Gasteiger charge is -2.08. The lowest BCUT2D eigenvalue weighted by Crippen LogP contribution is -2.00. The first-order valence-corrected chi connectivity index (χ1v) is 7.31. The lowest BCUT2D eigenvalue weighted by molar-refractivity contribution is 0.0699. The normalized spacial score (nSPS) is 10.9. The van der Waals surface area contributed by atoms with Crippen LogP contribution in [0.3, 0.4) is 0 Å². The van der Waals surface area contributed by atoms with Crippen molar-refractivity contribution in [3.05, 3.63) is 63.6 Å². The van der Waals surface area contributed by atoms with E-state index in [9.17, 15) is 9.90 Å². The average Bonchev–Trinajstić information content (AvgIpc) is 2.48. The number of rotatable bonds is 2. The number of aromatic nitrogens is 1. The van der Waals surface area contributed by atoms with Crippen LogP contribution in [-0.2, 0) is 0 Å². The van der Waals surface area contributed by atoms with E-state index in [2.05, 4.69) is 4.98 Å². The number of hydrogen-bond acceptors (Lipinski definition) is 2. The molecule has 22 heavy (non-hydrogen) atoms. The standard InChI is InChI=1S/C17H11Cl2NO2/c1-9-2-4-11-12(17(21)22)8-15(20-16(11)6-9)10-3-5-13(18)14(19)7-10/h2-8H,1H3,(H,21,22). The van der Waals surface area contributed by atoms with Crippen molar-refractivity contribution in [2.45, 2.75) is 6.92 Å². The van der Waals surface area contributed by atoms with E-state index in [1.807, 2.05) is 19.1 Å². The van der Waals surface area contributed by atoms with E-state index in [4.69, 9.17) is 23.2 Å². The molecule has 0 atom stereocenters. The Labute approximate surface area is 137 Å². The van der Waals surface area contributed by atoms with Gasteiger partial charge < -0.3 is 5.11 Å². The first kappa shape index (κ1) is 14.8. The van der Waals surface area contributed by atoms with Crippen LogP contribution >= 0.6 is 23.2 Å². The van der Waals surface area contributed by atoms with Crippen LogP contribution in [0.2, 0.25) is 10.0 Å². The van der Waals surface area contributed by atoms with Gasteiger partial charge in [-0.15, -0.1) is 0 Å². The van der Waals surface area contributed by atoms with Crippen molar-refractivity contribution in [2.24, 2.45) is 0 Å². The Bertz CT molecular complexity index is 907. The van der Waals surface area contributed by atoms with Crippen LogP contribution in [-0.4, -0.2) is 16.1 Å². The van der Waals surface area contributed by atoms with Gasteiger partial charge in [0, 0.05) is 10.9 Å². The molecule has 0 saturated carbocycles. The number of carboxylic acids is 1. The summed E-state index contributed by atoms with van der Waals surface area (Å²) in [5.74, 6) is -0.988. The maximum Gasteiger partial charge on any atom is 0.336 e. The molecule has 1 heterocycles. The molecule has 0 unspecified atom stereocenters. The fourth-order valence-electron chi connectivity index (χ4n) is 2.32. The van der Waals surface area contributed by atoms with Crippen LogP contribution in [0.25, 0.3) is 22.2 Å². The summed E-state index contributed by atoms with van der Waals surface area (Å²) >= 11 is 12.0. The van der Waals surface area contributed by atoms with Crippen LogP contribution in [0.1, 0.15) is 15.9 Å². The molecule has 5 heteroatoms. The van der Waals surface area contributed by atoms with Gasteiger partial charge >= 0.3 is 5.97 Å². The molecular formula is C17H11Cl2NO2. The van der Waals surface area contributed by atoms with Crippen molar-refractivity contribution < 1.29 is 9.90 Å². The number of aromatic carboxylic acids is 1. The molecule has 2 aromatic carbocycles. The van der Waals surface area contributed by atoms with Gasteiger partial charge in [-0.05, 0) is 36.8 Å². The SMILES string of the molecule is Cc1ccc2c(C(=O)O)cc(-c3ccc(Cl)c(Cl)c3)nc2c1. The number of carboxylic acid groups (broad SMARTS) is 1. The summed E-state index contributed by atoms with van der Waals surface area (Å²) in [5.41, 5.74) is 3.14. The molecule has 0 saturated heterocycles. The molecule has 0 aliphatic heterocycles. The zero-order valence-corrected chi connectivity index (χ0v) is 13.1. The molecule has 0 bridgehead atoms. The van der Waals surface area contributed by atoms with Crippen molar-refractivity contribution in [2.75, 3.05) is 0 Å². The van der Waals surface area contributed by atoms with E-state index in [1.54, 1.807) is 30.3 Å². The molecule has 1 N–H and O–H groups in total. The van der Waals surface area contributed by atoms with E-state index in [0.717, 1.165) is 11.1 Å². The number of aryl methyl sites for hydroxylation is 1. The van der Waals surface area contributed by atoms with Gasteiger partial charge in [0.15, 0.2) is 0 Å². The minimum absolute atomic E-state index is 0.214. The molecule has 1 aromatic heterocycles. The number of nitrogens with zero attached hydrogens (tertiary/aromatic N) is 1. The predicted octanol–water partition coefficient (Wildman–Crippen LogP) is 5.22. The summed E-state index contributed by atoms with van der Waals surface area (Å²) in [6, 6.07) is 12.2. The van der Waals surface area contributed by atoms with E-state index >= 15 is 0 Å². The molecule has 3 aromatic rings. The Kier molecular flexibility index (Phi) is 3.77. The Hall–Kier alpha value is -2.10. The van der Waals surface area contributed by atoms with Crippen molar-refractivity contribution in [1.82, 2.24) is 4.98 Å². The molecule has 110 valence electrons. The summed E-state index contributed by atoms with van der Waals surface area (Å²) in [5, 5.41) is 10.9. The summed E-state index contributed by atoms with van der Waals surface area (Å²) in [6.07, 6.45) is 0. The van der Waals surface area contributed by atoms with Crippen LogP contribution in [0.15, 0.2) is 42.5 Å². The van der Waals surface area contributed by atoms with E-state index in [-0.39, 0.29) is 5.56 Å². The molecule has 0 aliphatic rings. The first-order chi connectivity index (χ1) is 10.5. The van der Waals surface area contributed by atoms with E-state index < -0.39 is 5.97 Å². The molecule has 0 aliphatic carbocycles. The molecule has 0 fully saturated rings. The number of fused-ring (bicyclic) bond motifs is 1. The highest BCUT2D eigenvalue weighted by Crippen LogP contribution is 2.30. The van der Waals surface area contributed by atoms with Gasteiger partial charge in [-0.2, -0.15) is 0 Å². The summed E-state index contributed by atoms with van der Waals surface area (Å²) < 4.78 is 0. The Morgan fingerprint density at radius 1 is 1.05 bits per heavy atom. The van der Waals surface area contributed by atoms with E-state index in [1.165, 1.54) is 0 Å². The predicted molar refractivity (Wildman–Crippen MR) is 88.9 cm³/mol. The van der Waals surface area contributed by atoms with Crippen molar-refractivity contribution >= 4 is 40.1 Å². The molecule has 0 spiro atoms. The summed E-state index contributed by atoms with van der Waals surface area (Å²) in [4.78, 5) is 16.1. The fraction of sp³-hybridized carbons (Fsp3) is 0.0588. The highest BCUT2D eigenvalue weighted by molar-refractivity contribution is 6.42. The monoisotopic (exact) mass is 331 g/mol. The molecular weight excluding hydrogens is 321 g/mol. The molecule has 0 amide bonds. The van der Waals surface area contributed by atoms with Gasteiger partial charge in [0.05, 0.1) is 26.8 Å². The Balaban J connectivity index is 2.30. The molecule has 0 radical (unpaired) electrons. The van der Waals surface area contributed by atoms with Gasteiger partial charge in [-0.3, -0.25) is 0 Å². The van der Waals surface area contributed by atoms with Gasteiger partial charge in [-0.25, -0.2) is 9.78 Å². The third kappa shape index (κ3) is 2.65. The maximum atomic E-state index is 11.5. The molecule has 3 rings (SSSR count). The maximum absolute atomic E-state index is 11.5. The number of halogens is 2. The zero-order valence-electron chi connectivity index (χ0n) is 11.6. The average molecular weight is 332 g/mol. The number of pyridine rings is 1. The molecule has 3 nitrogen and oxygen atoms in total. The largest absolute Gasteiger partial charge is 0.478 e. The third-order valence-corrected chi connectivity index (χ3v) is 4.15. The highest BCUT2D eigenvalue weighted by atomic mass is 35.5. The second-order valence-electron chi connectivity index (χ2n) is 5.01. The number of benzene rings is 2. The van der Waals surface area contributed by atoms with E-state index in [0.29, 0.717) is 26.6 Å². The van der Waals surface area contributed by atoms with Gasteiger partial charge in [0.25, 0.3) is 0 Å². The van der Waals surface area contributed by atoms with Gasteiger partial charge in [-0.1, -0.05) is 41.4 Å². The van der Waals surface area contributed by atoms with Crippen molar-refractivity contribution in [3.63, 3.8) is 0 Å². The number of carbonyl (C=O) groups is 1. The quantitative estimate of drug-likeness (QED) is 0.700. The van der Waals surface area contributed by atoms with Crippen LogP contribution < -0.4 is 0 Å². The van der Waals surface area contributed by atoms with Crippen molar-refractivity contribution in [1.29, 1.82) is 0 Å². The van der Waals surface area contributed by atoms with Crippen LogP contribution in [0.5, 0.6) is 0 Å². The minimum Gasteiger partial charge on any atom is -0.478 e. The first-order valence-electron chi connectivity index (χ1n) is 6.56. The minimum atomic E-state index is -0.988. The Morgan fingerprint density at radius 2 is 1.82 bits per heavy atom. The van der Waals surface area contributed by atoms with Crippen LogP contribution in [0, 0.1) is 6.92 Å². The topological polar surface area (TPSA) is 50.2 Å². The third-order valence-electron chi connectivity index (χ3n) is 3.41. The van der Waals surface area contributed by atoms with Crippen LogP contribution in [0.4, 0.5) is 0 Å². The highest BCUT2D eigenvalue weighted by Gasteiger charge is 2.13. The second kappa shape index (κ2) is 5.59. The second-order valence-corrected chi connectivity index (χ2v) is 5.82. The zero-order chi connectivity index (χ0) is 15.9. The number of hydrogen-bond donors (Lipinski definition) is 1. The fourth-order valence-corrected chi connectivity index (χ4v) is 2.62. The lowest BCUT2D eigenvalue weighted by atomic mass is 10.0. The smallest absolute Gasteiger partial charge is 0.336 e. The van der Waals surface area contributed by atoms with Gasteiger partial charge in [0.2, 0.25) is 0 Å².